The maximum atomic E-state index is 11.6. The smallest absolute Gasteiger partial charge is 0.341 e. The molecular weight excluding hydrogens is 248 g/mol. The van der Waals surface area contributed by atoms with Crippen molar-refractivity contribution in [3.05, 3.63) is 30.3 Å². The molecule has 0 aliphatic carbocycles. The van der Waals surface area contributed by atoms with Crippen LogP contribution in [0.2, 0.25) is 0 Å². The van der Waals surface area contributed by atoms with Gasteiger partial charge in [-0.3, -0.25) is 4.84 Å². The van der Waals surface area contributed by atoms with E-state index >= 15 is 0 Å². The van der Waals surface area contributed by atoms with Crippen LogP contribution in [-0.2, 0) is 9.57 Å². The van der Waals surface area contributed by atoms with Crippen LogP contribution in [0.15, 0.2) is 30.3 Å². The summed E-state index contributed by atoms with van der Waals surface area (Å²) in [5.41, 5.74) is 2.39. The second kappa shape index (κ2) is 7.60. The minimum atomic E-state index is -0.233. The van der Waals surface area contributed by atoms with Gasteiger partial charge in [0.25, 0.3) is 0 Å². The van der Waals surface area contributed by atoms with E-state index in [0.29, 0.717) is 39.5 Å². The van der Waals surface area contributed by atoms with E-state index in [1.54, 1.807) is 4.90 Å². The molecule has 1 aromatic rings. The first kappa shape index (κ1) is 13.6. The Morgan fingerprint density at radius 3 is 2.68 bits per heavy atom. The van der Waals surface area contributed by atoms with Crippen LogP contribution in [0.25, 0.3) is 0 Å². The summed E-state index contributed by atoms with van der Waals surface area (Å²) in [4.78, 5) is 18.3. The van der Waals surface area contributed by atoms with Gasteiger partial charge >= 0.3 is 6.03 Å². The van der Waals surface area contributed by atoms with Crippen molar-refractivity contribution in [2.24, 2.45) is 0 Å². The average Bonchev–Trinajstić information content (AvgIpc) is 2.49. The molecule has 1 aliphatic heterocycles. The van der Waals surface area contributed by atoms with E-state index in [4.69, 9.17) is 14.3 Å². The fraction of sp³-hybridized carbons (Fsp3) is 0.462. The second-order valence-corrected chi connectivity index (χ2v) is 4.02. The first-order valence-electron chi connectivity index (χ1n) is 6.28. The lowest BCUT2D eigenvalue weighted by molar-refractivity contribution is 0.0106. The maximum absolute atomic E-state index is 11.6. The predicted octanol–water partition coefficient (Wildman–Crippen LogP) is 1.04. The number of nitrogens with one attached hydrogen (secondary N) is 1. The van der Waals surface area contributed by atoms with Gasteiger partial charge in [0.2, 0.25) is 0 Å². The summed E-state index contributed by atoms with van der Waals surface area (Å²) >= 11 is 0. The third kappa shape index (κ3) is 4.76. The first-order chi connectivity index (χ1) is 9.36. The van der Waals surface area contributed by atoms with E-state index in [9.17, 15) is 4.79 Å². The van der Waals surface area contributed by atoms with Crippen molar-refractivity contribution in [1.82, 2.24) is 10.4 Å². The fourth-order valence-electron chi connectivity index (χ4n) is 1.66. The summed E-state index contributed by atoms with van der Waals surface area (Å²) in [5, 5.41) is 0. The summed E-state index contributed by atoms with van der Waals surface area (Å²) in [7, 11) is 0. The quantitative estimate of drug-likeness (QED) is 0.639. The number of urea groups is 1. The second-order valence-electron chi connectivity index (χ2n) is 4.02. The van der Waals surface area contributed by atoms with Crippen LogP contribution in [0.3, 0.4) is 0 Å². The van der Waals surface area contributed by atoms with Gasteiger partial charge in [-0.05, 0) is 12.1 Å². The average molecular weight is 266 g/mol. The van der Waals surface area contributed by atoms with Crippen LogP contribution < -0.4 is 10.2 Å². The number of benzene rings is 1. The first-order valence-corrected chi connectivity index (χ1v) is 6.28. The molecule has 104 valence electrons. The third-order valence-corrected chi connectivity index (χ3v) is 2.66. The normalized spacial score (nSPS) is 15.1. The molecule has 1 aliphatic rings. The maximum Gasteiger partial charge on any atom is 0.341 e. The molecule has 0 unspecified atom stereocenters. The van der Waals surface area contributed by atoms with Crippen LogP contribution in [0.4, 0.5) is 4.79 Å². The van der Waals surface area contributed by atoms with Gasteiger partial charge in [-0.15, -0.1) is 0 Å². The van der Waals surface area contributed by atoms with Crippen molar-refractivity contribution in [2.45, 2.75) is 0 Å². The van der Waals surface area contributed by atoms with Gasteiger partial charge in [0.05, 0.1) is 13.2 Å². The van der Waals surface area contributed by atoms with Crippen LogP contribution in [0, 0.1) is 0 Å². The molecule has 0 saturated carbocycles. The number of carbonyl (C=O) groups is 1. The number of rotatable bonds is 5. The van der Waals surface area contributed by atoms with E-state index in [-0.39, 0.29) is 6.03 Å². The molecule has 6 nitrogen and oxygen atoms in total. The number of hydrogen-bond donors (Lipinski definition) is 1. The van der Waals surface area contributed by atoms with E-state index in [2.05, 4.69) is 5.48 Å². The molecule has 0 aromatic heterocycles. The molecule has 1 saturated heterocycles. The van der Waals surface area contributed by atoms with Gasteiger partial charge in [-0.2, -0.15) is 0 Å². The molecular formula is C13H18N2O4. The van der Waals surface area contributed by atoms with Gasteiger partial charge in [-0.25, -0.2) is 10.3 Å². The molecule has 0 atom stereocenters. The Kier molecular flexibility index (Phi) is 5.46. The van der Waals surface area contributed by atoms with Crippen molar-refractivity contribution >= 4 is 6.03 Å². The highest BCUT2D eigenvalue weighted by molar-refractivity contribution is 5.73. The Balaban J connectivity index is 1.55. The van der Waals surface area contributed by atoms with Crippen LogP contribution in [0.1, 0.15) is 0 Å². The number of nitrogens with zero attached hydrogens (tertiary/aromatic N) is 1. The Labute approximate surface area is 112 Å². The van der Waals surface area contributed by atoms with Gasteiger partial charge in [0.15, 0.2) is 0 Å². The zero-order chi connectivity index (χ0) is 13.3. The number of carbonyl (C=O) groups excluding carboxylic acids is 1. The summed E-state index contributed by atoms with van der Waals surface area (Å²) in [6.07, 6.45) is 0. The minimum absolute atomic E-state index is 0.233. The summed E-state index contributed by atoms with van der Waals surface area (Å²) in [6, 6.07) is 9.22. The molecule has 1 fully saturated rings. The molecule has 2 rings (SSSR count). The monoisotopic (exact) mass is 266 g/mol. The zero-order valence-corrected chi connectivity index (χ0v) is 10.7. The lowest BCUT2D eigenvalue weighted by Gasteiger charge is -2.26. The standard InChI is InChI=1S/C13H18N2O4/c16-13(15-6-8-17-9-7-15)14-19-11-10-18-12-4-2-1-3-5-12/h1-5H,6-11H2,(H,14,16). The highest BCUT2D eigenvalue weighted by atomic mass is 16.7. The summed E-state index contributed by atoms with van der Waals surface area (Å²) in [6.45, 7) is 3.01. The van der Waals surface area contributed by atoms with E-state index in [1.165, 1.54) is 0 Å². The lowest BCUT2D eigenvalue weighted by atomic mass is 10.3. The van der Waals surface area contributed by atoms with Crippen LogP contribution in [-0.4, -0.2) is 50.4 Å². The topological polar surface area (TPSA) is 60.0 Å². The molecule has 19 heavy (non-hydrogen) atoms. The fourth-order valence-corrected chi connectivity index (χ4v) is 1.66. The molecule has 6 heteroatoms. The van der Waals surface area contributed by atoms with Crippen LogP contribution >= 0.6 is 0 Å². The highest BCUT2D eigenvalue weighted by Gasteiger charge is 2.16. The van der Waals surface area contributed by atoms with Gasteiger partial charge in [0, 0.05) is 13.1 Å². The van der Waals surface area contributed by atoms with Gasteiger partial charge in [0.1, 0.15) is 19.0 Å². The van der Waals surface area contributed by atoms with E-state index in [0.717, 1.165) is 5.75 Å². The number of hydroxylamine groups is 1. The summed E-state index contributed by atoms with van der Waals surface area (Å²) < 4.78 is 10.6. The van der Waals surface area contributed by atoms with Gasteiger partial charge in [-0.1, -0.05) is 18.2 Å². The van der Waals surface area contributed by atoms with Crippen molar-refractivity contribution in [2.75, 3.05) is 39.5 Å². The molecule has 0 bridgehead atoms. The number of ether oxygens (including phenoxy) is 2. The van der Waals surface area contributed by atoms with Gasteiger partial charge < -0.3 is 14.4 Å². The van der Waals surface area contributed by atoms with E-state index < -0.39 is 0 Å². The minimum Gasteiger partial charge on any atom is -0.491 e. The Hall–Kier alpha value is -1.79. The highest BCUT2D eigenvalue weighted by Crippen LogP contribution is 2.07. The molecule has 1 aromatic carbocycles. The molecule has 0 spiro atoms. The SMILES string of the molecule is O=C(NOCCOc1ccccc1)N1CCOCC1. The zero-order valence-electron chi connectivity index (χ0n) is 10.7. The Morgan fingerprint density at radius 1 is 1.21 bits per heavy atom. The molecule has 1 heterocycles. The summed E-state index contributed by atoms with van der Waals surface area (Å²) in [5.74, 6) is 0.783. The van der Waals surface area contributed by atoms with Crippen molar-refractivity contribution in [3.8, 4) is 5.75 Å². The Morgan fingerprint density at radius 2 is 1.95 bits per heavy atom. The number of hydrogen-bond acceptors (Lipinski definition) is 4. The number of amides is 2. The predicted molar refractivity (Wildman–Crippen MR) is 68.8 cm³/mol. The van der Waals surface area contributed by atoms with Crippen LogP contribution in [0.5, 0.6) is 5.75 Å². The van der Waals surface area contributed by atoms with Crippen molar-refractivity contribution in [3.63, 3.8) is 0 Å². The van der Waals surface area contributed by atoms with Crippen molar-refractivity contribution in [1.29, 1.82) is 0 Å². The largest absolute Gasteiger partial charge is 0.491 e. The number of para-hydroxylation sites is 1. The van der Waals surface area contributed by atoms with Crippen molar-refractivity contribution < 1.29 is 19.1 Å². The molecule has 0 radical (unpaired) electrons. The Bertz CT molecular complexity index is 379. The van der Waals surface area contributed by atoms with E-state index in [1.807, 2.05) is 30.3 Å². The lowest BCUT2D eigenvalue weighted by Crippen LogP contribution is -2.46. The third-order valence-electron chi connectivity index (χ3n) is 2.66. The number of morpholine rings is 1. The molecule has 2 amide bonds. The molecule has 1 N–H and O–H groups in total.